The van der Waals surface area contributed by atoms with Gasteiger partial charge in [0.1, 0.15) is 0 Å². The molecule has 21 heavy (non-hydrogen) atoms. The van der Waals surface area contributed by atoms with Gasteiger partial charge in [-0.15, -0.1) is 5.10 Å². The number of Topliss-reactive ketones (excluding diaryl/α,β-unsaturated/α-hetero) is 1. The second-order valence-electron chi connectivity index (χ2n) is 5.38. The summed E-state index contributed by atoms with van der Waals surface area (Å²) >= 11 is 13.0. The van der Waals surface area contributed by atoms with Crippen LogP contribution in [0.2, 0.25) is 10.0 Å². The Morgan fingerprint density at radius 1 is 1.29 bits per heavy atom. The first kappa shape index (κ1) is 16.3. The third-order valence-electron chi connectivity index (χ3n) is 2.65. The van der Waals surface area contributed by atoms with Gasteiger partial charge in [0.15, 0.2) is 5.78 Å². The van der Waals surface area contributed by atoms with Gasteiger partial charge in [0.25, 0.3) is 0 Å². The van der Waals surface area contributed by atoms with E-state index in [4.69, 9.17) is 23.2 Å². The number of hydrogen-bond donors (Lipinski definition) is 0. The minimum atomic E-state index is -0.238. The minimum Gasteiger partial charge on any atom is -0.293 e. The minimum absolute atomic E-state index is 0.0537. The Labute approximate surface area is 137 Å². The zero-order valence-electron chi connectivity index (χ0n) is 11.8. The van der Waals surface area contributed by atoms with Gasteiger partial charge in [-0.2, -0.15) is 0 Å². The smallest absolute Gasteiger partial charge is 0.210 e. The van der Waals surface area contributed by atoms with Crippen LogP contribution in [-0.2, 0) is 5.54 Å². The fourth-order valence-electron chi connectivity index (χ4n) is 1.57. The van der Waals surface area contributed by atoms with Crippen molar-refractivity contribution in [2.45, 2.75) is 31.5 Å². The number of ketones is 1. The van der Waals surface area contributed by atoms with E-state index < -0.39 is 0 Å². The molecule has 0 amide bonds. The van der Waals surface area contributed by atoms with Crippen molar-refractivity contribution >= 4 is 40.7 Å². The number of carbonyl (C=O) groups is 1. The van der Waals surface area contributed by atoms with Gasteiger partial charge < -0.3 is 0 Å². The summed E-state index contributed by atoms with van der Waals surface area (Å²) in [6.07, 6.45) is 0. The van der Waals surface area contributed by atoms with E-state index in [9.17, 15) is 4.79 Å². The molecule has 0 radical (unpaired) electrons. The highest BCUT2D eigenvalue weighted by Crippen LogP contribution is 2.25. The predicted octanol–water partition coefficient (Wildman–Crippen LogP) is 3.71. The van der Waals surface area contributed by atoms with Crippen LogP contribution in [0.1, 0.15) is 31.1 Å². The van der Waals surface area contributed by atoms with Crippen molar-refractivity contribution in [1.82, 2.24) is 20.2 Å². The fourth-order valence-corrected chi connectivity index (χ4v) is 2.82. The summed E-state index contributed by atoms with van der Waals surface area (Å²) in [7, 11) is 0. The molecule has 2 aromatic rings. The molecule has 0 saturated carbocycles. The monoisotopic (exact) mass is 344 g/mol. The van der Waals surface area contributed by atoms with E-state index in [1.165, 1.54) is 11.8 Å². The van der Waals surface area contributed by atoms with Crippen LogP contribution >= 0.6 is 35.0 Å². The maximum absolute atomic E-state index is 12.2. The highest BCUT2D eigenvalue weighted by Gasteiger charge is 2.21. The molecular formula is C13H14Cl2N4OS. The molecular weight excluding hydrogens is 331 g/mol. The van der Waals surface area contributed by atoms with Gasteiger partial charge in [0, 0.05) is 5.56 Å². The lowest BCUT2D eigenvalue weighted by Gasteiger charge is -2.19. The molecule has 1 aromatic carbocycles. The van der Waals surface area contributed by atoms with Gasteiger partial charge in [0.2, 0.25) is 5.16 Å². The normalized spacial score (nSPS) is 11.7. The average Bonchev–Trinajstić information content (AvgIpc) is 2.87. The van der Waals surface area contributed by atoms with Crippen molar-refractivity contribution in [2.24, 2.45) is 0 Å². The van der Waals surface area contributed by atoms with Crippen molar-refractivity contribution in [1.29, 1.82) is 0 Å². The second-order valence-corrected chi connectivity index (χ2v) is 7.14. The largest absolute Gasteiger partial charge is 0.293 e. The van der Waals surface area contributed by atoms with Crippen molar-refractivity contribution in [3.63, 3.8) is 0 Å². The highest BCUT2D eigenvalue weighted by atomic mass is 35.5. The molecule has 8 heteroatoms. The maximum Gasteiger partial charge on any atom is 0.210 e. The molecule has 1 heterocycles. The number of rotatable bonds is 4. The van der Waals surface area contributed by atoms with E-state index >= 15 is 0 Å². The van der Waals surface area contributed by atoms with Gasteiger partial charge in [-0.25, -0.2) is 4.68 Å². The van der Waals surface area contributed by atoms with Crippen molar-refractivity contribution in [3.05, 3.63) is 33.8 Å². The molecule has 0 saturated heterocycles. The lowest BCUT2D eigenvalue weighted by Crippen LogP contribution is -2.24. The van der Waals surface area contributed by atoms with Gasteiger partial charge in [-0.3, -0.25) is 4.79 Å². The zero-order chi connectivity index (χ0) is 15.6. The molecule has 5 nitrogen and oxygen atoms in total. The van der Waals surface area contributed by atoms with Crippen LogP contribution in [-0.4, -0.2) is 31.7 Å². The Morgan fingerprint density at radius 2 is 2.00 bits per heavy atom. The molecule has 0 unspecified atom stereocenters. The summed E-state index contributed by atoms with van der Waals surface area (Å²) in [4.78, 5) is 12.2. The summed E-state index contributed by atoms with van der Waals surface area (Å²) < 4.78 is 1.69. The SMILES string of the molecule is CC(C)(C)n1nnnc1SCC(=O)c1ccc(Cl)c(Cl)c1. The number of tetrazole rings is 1. The van der Waals surface area contributed by atoms with E-state index in [0.717, 1.165) is 0 Å². The number of carbonyl (C=O) groups excluding carboxylic acids is 1. The Balaban J connectivity index is 2.08. The van der Waals surface area contributed by atoms with Crippen LogP contribution in [0.4, 0.5) is 0 Å². The predicted molar refractivity (Wildman–Crippen MR) is 84.3 cm³/mol. The third-order valence-corrected chi connectivity index (χ3v) is 4.31. The van der Waals surface area contributed by atoms with E-state index in [0.29, 0.717) is 20.8 Å². The van der Waals surface area contributed by atoms with Crippen LogP contribution in [0.5, 0.6) is 0 Å². The average molecular weight is 345 g/mol. The number of benzene rings is 1. The molecule has 0 atom stereocenters. The van der Waals surface area contributed by atoms with Gasteiger partial charge in [0.05, 0.1) is 21.3 Å². The van der Waals surface area contributed by atoms with Gasteiger partial charge >= 0.3 is 0 Å². The molecule has 0 spiro atoms. The van der Waals surface area contributed by atoms with Crippen LogP contribution in [0.3, 0.4) is 0 Å². The van der Waals surface area contributed by atoms with Gasteiger partial charge in [-0.05, 0) is 49.4 Å². The maximum atomic E-state index is 12.2. The standard InChI is InChI=1S/C13H14Cl2N4OS/c1-13(2,3)19-12(16-17-18-19)21-7-11(20)8-4-5-9(14)10(15)6-8/h4-6H,7H2,1-3H3. The second kappa shape index (κ2) is 6.34. The Hall–Kier alpha value is -1.11. The van der Waals surface area contributed by atoms with E-state index in [2.05, 4.69) is 15.5 Å². The molecule has 112 valence electrons. The Morgan fingerprint density at radius 3 is 2.62 bits per heavy atom. The summed E-state index contributed by atoms with van der Waals surface area (Å²) in [6.45, 7) is 5.98. The van der Waals surface area contributed by atoms with Crippen LogP contribution in [0.25, 0.3) is 0 Å². The van der Waals surface area contributed by atoms with Crippen molar-refractivity contribution in [2.75, 3.05) is 5.75 Å². The topological polar surface area (TPSA) is 60.7 Å². The number of aromatic nitrogens is 4. The first-order valence-electron chi connectivity index (χ1n) is 6.19. The summed E-state index contributed by atoms with van der Waals surface area (Å²) in [5, 5.41) is 13.0. The molecule has 2 rings (SSSR count). The molecule has 0 bridgehead atoms. The van der Waals surface area contributed by atoms with Crippen molar-refractivity contribution < 1.29 is 4.79 Å². The molecule has 0 aliphatic heterocycles. The molecule has 0 aliphatic carbocycles. The number of thioether (sulfide) groups is 1. The van der Waals surface area contributed by atoms with Crippen molar-refractivity contribution in [3.8, 4) is 0 Å². The summed E-state index contributed by atoms with van der Waals surface area (Å²) in [6, 6.07) is 4.84. The number of halogens is 2. The quantitative estimate of drug-likeness (QED) is 0.624. The lowest BCUT2D eigenvalue weighted by molar-refractivity contribution is 0.102. The van der Waals surface area contributed by atoms with Crippen LogP contribution < -0.4 is 0 Å². The molecule has 1 aromatic heterocycles. The number of hydrogen-bond acceptors (Lipinski definition) is 5. The lowest BCUT2D eigenvalue weighted by atomic mass is 10.1. The summed E-state index contributed by atoms with van der Waals surface area (Å²) in [5.41, 5.74) is 0.282. The van der Waals surface area contributed by atoms with Gasteiger partial charge in [-0.1, -0.05) is 35.0 Å². The van der Waals surface area contributed by atoms with Crippen LogP contribution in [0, 0.1) is 0 Å². The zero-order valence-corrected chi connectivity index (χ0v) is 14.1. The van der Waals surface area contributed by atoms with E-state index in [-0.39, 0.29) is 17.1 Å². The van der Waals surface area contributed by atoms with Crippen LogP contribution in [0.15, 0.2) is 23.4 Å². The number of nitrogens with zero attached hydrogens (tertiary/aromatic N) is 4. The molecule has 0 fully saturated rings. The fraction of sp³-hybridized carbons (Fsp3) is 0.385. The molecule has 0 aliphatic rings. The Kier molecular flexibility index (Phi) is 4.91. The molecule has 0 N–H and O–H groups in total. The first-order valence-corrected chi connectivity index (χ1v) is 7.93. The first-order chi connectivity index (χ1) is 9.79. The Bertz CT molecular complexity index is 666. The third kappa shape index (κ3) is 3.96. The summed E-state index contributed by atoms with van der Waals surface area (Å²) in [5.74, 6) is 0.177. The van der Waals surface area contributed by atoms with E-state index in [1.807, 2.05) is 20.8 Å². The van der Waals surface area contributed by atoms with E-state index in [1.54, 1.807) is 22.9 Å². The highest BCUT2D eigenvalue weighted by molar-refractivity contribution is 7.99.